The largest absolute Gasteiger partial charge is 0.486 e. The van der Waals surface area contributed by atoms with Crippen molar-refractivity contribution < 1.29 is 14.2 Å². The number of aryl methyl sites for hydroxylation is 1. The van der Waals surface area contributed by atoms with E-state index in [-0.39, 0.29) is 6.10 Å². The molecule has 2 aliphatic heterocycles. The van der Waals surface area contributed by atoms with E-state index in [1.54, 1.807) is 0 Å². The maximum Gasteiger partial charge on any atom is 0.161 e. The second-order valence-corrected chi connectivity index (χ2v) is 5.39. The van der Waals surface area contributed by atoms with E-state index < -0.39 is 0 Å². The van der Waals surface area contributed by atoms with E-state index >= 15 is 0 Å². The van der Waals surface area contributed by atoms with Gasteiger partial charge in [0, 0.05) is 0 Å². The molecule has 4 heteroatoms. The number of fused-ring (bicyclic) bond motifs is 2. The molecule has 1 atom stereocenters. The number of hydrogen-bond donors (Lipinski definition) is 1. The van der Waals surface area contributed by atoms with Crippen LogP contribution in [0.2, 0.25) is 0 Å². The van der Waals surface area contributed by atoms with E-state index in [0.717, 1.165) is 35.0 Å². The molecule has 0 spiro atoms. The molecule has 0 saturated heterocycles. The molecule has 2 aromatic rings. The van der Waals surface area contributed by atoms with Gasteiger partial charge in [-0.1, -0.05) is 12.1 Å². The summed E-state index contributed by atoms with van der Waals surface area (Å²) in [6.45, 7) is 4.02. The molecule has 0 fully saturated rings. The molecule has 108 valence electrons. The minimum absolute atomic E-state index is 0.0184. The van der Waals surface area contributed by atoms with Crippen molar-refractivity contribution in [3.63, 3.8) is 0 Å². The van der Waals surface area contributed by atoms with Crippen molar-refractivity contribution in [3.05, 3.63) is 47.5 Å². The van der Waals surface area contributed by atoms with Gasteiger partial charge in [0.2, 0.25) is 0 Å². The lowest BCUT2D eigenvalue weighted by Gasteiger charge is -2.29. The molecule has 0 aliphatic carbocycles. The van der Waals surface area contributed by atoms with Gasteiger partial charge in [0.25, 0.3) is 0 Å². The number of ether oxygens (including phenoxy) is 3. The zero-order valence-electron chi connectivity index (χ0n) is 11.9. The third kappa shape index (κ3) is 2.27. The van der Waals surface area contributed by atoms with Crippen LogP contribution in [0.15, 0.2) is 36.4 Å². The number of rotatable bonds is 1. The molecule has 4 rings (SSSR count). The summed E-state index contributed by atoms with van der Waals surface area (Å²) < 4.78 is 17.3. The van der Waals surface area contributed by atoms with E-state index in [0.29, 0.717) is 13.2 Å². The minimum atomic E-state index is -0.0184. The topological polar surface area (TPSA) is 39.7 Å². The average Bonchev–Trinajstić information content (AvgIpc) is 2.53. The van der Waals surface area contributed by atoms with Gasteiger partial charge in [-0.2, -0.15) is 0 Å². The highest BCUT2D eigenvalue weighted by Crippen LogP contribution is 2.38. The van der Waals surface area contributed by atoms with Crippen LogP contribution in [0.3, 0.4) is 0 Å². The summed E-state index contributed by atoms with van der Waals surface area (Å²) >= 11 is 0. The van der Waals surface area contributed by atoms with Crippen molar-refractivity contribution in [2.45, 2.75) is 13.0 Å². The number of anilines is 1. The van der Waals surface area contributed by atoms with Crippen molar-refractivity contribution in [1.29, 1.82) is 0 Å². The highest BCUT2D eigenvalue weighted by Gasteiger charge is 2.23. The van der Waals surface area contributed by atoms with Crippen molar-refractivity contribution >= 4 is 5.69 Å². The summed E-state index contributed by atoms with van der Waals surface area (Å²) in [4.78, 5) is 0. The summed E-state index contributed by atoms with van der Waals surface area (Å²) in [5.41, 5.74) is 3.34. The molecule has 0 bridgehead atoms. The number of hydrogen-bond acceptors (Lipinski definition) is 4. The lowest BCUT2D eigenvalue weighted by molar-refractivity contribution is 0.169. The van der Waals surface area contributed by atoms with Crippen molar-refractivity contribution in [3.8, 4) is 17.2 Å². The van der Waals surface area contributed by atoms with Gasteiger partial charge in [0.1, 0.15) is 25.1 Å². The van der Waals surface area contributed by atoms with E-state index in [1.807, 2.05) is 18.2 Å². The van der Waals surface area contributed by atoms with Crippen LogP contribution in [-0.4, -0.2) is 19.8 Å². The van der Waals surface area contributed by atoms with Gasteiger partial charge in [-0.25, -0.2) is 0 Å². The summed E-state index contributed by atoms with van der Waals surface area (Å²) in [5, 5.41) is 3.42. The summed E-state index contributed by atoms with van der Waals surface area (Å²) in [6, 6.07) is 12.2. The van der Waals surface area contributed by atoms with Crippen LogP contribution in [0, 0.1) is 6.92 Å². The van der Waals surface area contributed by atoms with E-state index in [9.17, 15) is 0 Å². The van der Waals surface area contributed by atoms with Gasteiger partial charge in [-0.05, 0) is 42.3 Å². The minimum Gasteiger partial charge on any atom is -0.486 e. The van der Waals surface area contributed by atoms with Gasteiger partial charge in [0.05, 0.1) is 12.2 Å². The Bertz CT molecular complexity index is 684. The van der Waals surface area contributed by atoms with Gasteiger partial charge in [0.15, 0.2) is 11.5 Å². The monoisotopic (exact) mass is 283 g/mol. The number of benzene rings is 2. The SMILES string of the molecule is Cc1ccc2c(c1)OC(c1ccc3c(c1)OCCO3)CN2. The second kappa shape index (κ2) is 4.88. The zero-order chi connectivity index (χ0) is 14.2. The van der Waals surface area contributed by atoms with Gasteiger partial charge in [-0.3, -0.25) is 0 Å². The molecule has 2 heterocycles. The van der Waals surface area contributed by atoms with Gasteiger partial charge in [-0.15, -0.1) is 0 Å². The third-order valence-electron chi connectivity index (χ3n) is 3.82. The molecule has 4 nitrogen and oxygen atoms in total. The van der Waals surface area contributed by atoms with Crippen molar-refractivity contribution in [2.75, 3.05) is 25.1 Å². The first-order valence-electron chi connectivity index (χ1n) is 7.20. The first kappa shape index (κ1) is 12.4. The van der Waals surface area contributed by atoms with E-state index in [1.165, 1.54) is 5.56 Å². The highest BCUT2D eigenvalue weighted by atomic mass is 16.6. The van der Waals surface area contributed by atoms with Gasteiger partial charge >= 0.3 is 0 Å². The lowest BCUT2D eigenvalue weighted by atomic mass is 10.1. The fourth-order valence-electron chi connectivity index (χ4n) is 2.72. The van der Waals surface area contributed by atoms with Crippen molar-refractivity contribution in [2.24, 2.45) is 0 Å². The fourth-order valence-corrected chi connectivity index (χ4v) is 2.72. The van der Waals surface area contributed by atoms with Crippen molar-refractivity contribution in [1.82, 2.24) is 0 Å². The molecule has 2 aliphatic rings. The standard InChI is InChI=1S/C17H17NO3/c1-11-2-4-13-15(8-11)21-17(10-18-13)12-3-5-14-16(9-12)20-7-6-19-14/h2-5,8-9,17-18H,6-7,10H2,1H3. The predicted molar refractivity (Wildman–Crippen MR) is 80.5 cm³/mol. The van der Waals surface area contributed by atoms with Crippen LogP contribution >= 0.6 is 0 Å². The molecule has 0 aromatic heterocycles. The second-order valence-electron chi connectivity index (χ2n) is 5.39. The van der Waals surface area contributed by atoms with Crippen LogP contribution in [0.5, 0.6) is 17.2 Å². The van der Waals surface area contributed by atoms with Crippen LogP contribution in [0.1, 0.15) is 17.2 Å². The Balaban J connectivity index is 1.63. The average molecular weight is 283 g/mol. The van der Waals surface area contributed by atoms with E-state index in [2.05, 4.69) is 30.4 Å². The third-order valence-corrected chi connectivity index (χ3v) is 3.82. The lowest BCUT2D eigenvalue weighted by Crippen LogP contribution is -2.24. The molecule has 1 N–H and O–H groups in total. The first-order valence-corrected chi connectivity index (χ1v) is 7.20. The van der Waals surface area contributed by atoms with E-state index in [4.69, 9.17) is 14.2 Å². The maximum absolute atomic E-state index is 6.13. The molecular formula is C17H17NO3. The Morgan fingerprint density at radius 3 is 2.71 bits per heavy atom. The summed E-state index contributed by atoms with van der Waals surface area (Å²) in [5.74, 6) is 2.52. The molecule has 2 aromatic carbocycles. The molecule has 21 heavy (non-hydrogen) atoms. The Kier molecular flexibility index (Phi) is 2.88. The Hall–Kier alpha value is -2.36. The summed E-state index contributed by atoms with van der Waals surface area (Å²) in [6.07, 6.45) is -0.0184. The predicted octanol–water partition coefficient (Wildman–Crippen LogP) is 3.31. The van der Waals surface area contributed by atoms with Crippen LogP contribution in [0.25, 0.3) is 0 Å². The fraction of sp³-hybridized carbons (Fsp3) is 0.294. The zero-order valence-corrected chi connectivity index (χ0v) is 11.9. The number of nitrogens with one attached hydrogen (secondary N) is 1. The van der Waals surface area contributed by atoms with Crippen LogP contribution in [0.4, 0.5) is 5.69 Å². The molecule has 0 amide bonds. The highest BCUT2D eigenvalue weighted by molar-refractivity contribution is 5.59. The molecule has 1 unspecified atom stereocenters. The summed E-state index contributed by atoms with van der Waals surface area (Å²) in [7, 11) is 0. The Morgan fingerprint density at radius 2 is 1.81 bits per heavy atom. The maximum atomic E-state index is 6.13. The van der Waals surface area contributed by atoms with Crippen LogP contribution in [-0.2, 0) is 0 Å². The van der Waals surface area contributed by atoms with Crippen LogP contribution < -0.4 is 19.5 Å². The first-order chi connectivity index (χ1) is 10.3. The van der Waals surface area contributed by atoms with Gasteiger partial charge < -0.3 is 19.5 Å². The molecule has 0 radical (unpaired) electrons. The molecular weight excluding hydrogens is 266 g/mol. The smallest absolute Gasteiger partial charge is 0.161 e. The Labute approximate surface area is 123 Å². The molecule has 0 saturated carbocycles. The normalized spacial score (nSPS) is 19.2. The Morgan fingerprint density at radius 1 is 0.952 bits per heavy atom. The quantitative estimate of drug-likeness (QED) is 0.871.